The van der Waals surface area contributed by atoms with Gasteiger partial charge in [0, 0.05) is 13.1 Å². The van der Waals surface area contributed by atoms with Crippen molar-refractivity contribution in [3.05, 3.63) is 0 Å². The van der Waals surface area contributed by atoms with E-state index in [9.17, 15) is 9.59 Å². The summed E-state index contributed by atoms with van der Waals surface area (Å²) in [6.45, 7) is 3.28. The number of hydrogen-bond donors (Lipinski definition) is 2. The largest absolute Gasteiger partial charge is 0.465 e. The minimum Gasteiger partial charge on any atom is -0.465 e. The van der Waals surface area contributed by atoms with Crippen molar-refractivity contribution in [3.63, 3.8) is 0 Å². The SMILES string of the molecule is CCN1CCCC(NC(=O)O)C1=O. The van der Waals surface area contributed by atoms with Gasteiger partial charge < -0.3 is 15.3 Å². The number of amides is 2. The summed E-state index contributed by atoms with van der Waals surface area (Å²) in [4.78, 5) is 23.5. The van der Waals surface area contributed by atoms with E-state index in [0.29, 0.717) is 13.0 Å². The molecule has 2 amide bonds. The van der Waals surface area contributed by atoms with Gasteiger partial charge >= 0.3 is 6.09 Å². The lowest BCUT2D eigenvalue weighted by Gasteiger charge is -2.31. The van der Waals surface area contributed by atoms with E-state index in [-0.39, 0.29) is 5.91 Å². The van der Waals surface area contributed by atoms with Gasteiger partial charge in [-0.2, -0.15) is 0 Å². The highest BCUT2D eigenvalue weighted by molar-refractivity contribution is 5.85. The molecule has 1 heterocycles. The number of carboxylic acid groups (broad SMARTS) is 1. The smallest absolute Gasteiger partial charge is 0.405 e. The zero-order chi connectivity index (χ0) is 9.84. The molecular weight excluding hydrogens is 172 g/mol. The molecule has 1 aliphatic rings. The van der Waals surface area contributed by atoms with Crippen LogP contribution in [0.3, 0.4) is 0 Å². The molecule has 0 saturated carbocycles. The van der Waals surface area contributed by atoms with Crippen LogP contribution in [0, 0.1) is 0 Å². The highest BCUT2D eigenvalue weighted by Crippen LogP contribution is 2.10. The molecule has 0 spiro atoms. The Morgan fingerprint density at radius 3 is 3.00 bits per heavy atom. The quantitative estimate of drug-likeness (QED) is 0.650. The molecule has 1 aliphatic heterocycles. The van der Waals surface area contributed by atoms with Gasteiger partial charge in [-0.05, 0) is 19.8 Å². The minimum absolute atomic E-state index is 0.101. The molecule has 0 radical (unpaired) electrons. The molecular formula is C8H14N2O3. The van der Waals surface area contributed by atoms with E-state index in [2.05, 4.69) is 5.32 Å². The standard InChI is InChI=1S/C8H14N2O3/c1-2-10-5-3-4-6(7(10)11)9-8(12)13/h6,9H,2-5H2,1H3,(H,12,13). The number of likely N-dealkylation sites (N-methyl/N-ethyl adjacent to an activating group) is 1. The molecule has 2 N–H and O–H groups in total. The van der Waals surface area contributed by atoms with E-state index in [0.717, 1.165) is 13.0 Å². The van der Waals surface area contributed by atoms with Crippen LogP contribution in [0.25, 0.3) is 0 Å². The molecule has 1 unspecified atom stereocenters. The van der Waals surface area contributed by atoms with Crippen molar-refractivity contribution >= 4 is 12.0 Å². The summed E-state index contributed by atoms with van der Waals surface area (Å²) in [6.07, 6.45) is 0.350. The van der Waals surface area contributed by atoms with Gasteiger partial charge in [0.1, 0.15) is 6.04 Å². The van der Waals surface area contributed by atoms with Crippen molar-refractivity contribution in [1.29, 1.82) is 0 Å². The summed E-state index contributed by atoms with van der Waals surface area (Å²) in [6, 6.07) is -0.536. The Labute approximate surface area is 76.7 Å². The molecule has 13 heavy (non-hydrogen) atoms. The van der Waals surface area contributed by atoms with Crippen molar-refractivity contribution in [2.75, 3.05) is 13.1 Å². The molecule has 1 atom stereocenters. The van der Waals surface area contributed by atoms with Crippen LogP contribution in [0.4, 0.5) is 4.79 Å². The van der Waals surface area contributed by atoms with E-state index >= 15 is 0 Å². The zero-order valence-electron chi connectivity index (χ0n) is 7.62. The Hall–Kier alpha value is -1.26. The maximum absolute atomic E-state index is 11.5. The molecule has 1 fully saturated rings. The van der Waals surface area contributed by atoms with Crippen LogP contribution >= 0.6 is 0 Å². The van der Waals surface area contributed by atoms with Crippen LogP contribution in [0.2, 0.25) is 0 Å². The summed E-state index contributed by atoms with van der Waals surface area (Å²) >= 11 is 0. The fraction of sp³-hybridized carbons (Fsp3) is 0.750. The summed E-state index contributed by atoms with van der Waals surface area (Å²) in [5.41, 5.74) is 0. The number of carbonyl (C=O) groups excluding carboxylic acids is 1. The van der Waals surface area contributed by atoms with Crippen molar-refractivity contribution in [2.24, 2.45) is 0 Å². The molecule has 0 aliphatic carbocycles. The Balaban J connectivity index is 2.54. The van der Waals surface area contributed by atoms with Gasteiger partial charge in [0.2, 0.25) is 5.91 Å². The Kier molecular flexibility index (Phi) is 3.11. The van der Waals surface area contributed by atoms with Gasteiger partial charge in [-0.1, -0.05) is 0 Å². The second-order valence-corrected chi connectivity index (χ2v) is 3.06. The van der Waals surface area contributed by atoms with Crippen LogP contribution in [0.1, 0.15) is 19.8 Å². The molecule has 1 saturated heterocycles. The van der Waals surface area contributed by atoms with Crippen LogP contribution in [-0.4, -0.2) is 41.1 Å². The summed E-state index contributed by atoms with van der Waals surface area (Å²) in [5, 5.41) is 10.7. The normalized spacial score (nSPS) is 23.0. The number of nitrogens with zero attached hydrogens (tertiary/aromatic N) is 1. The lowest BCUT2D eigenvalue weighted by molar-refractivity contribution is -0.135. The molecule has 0 bridgehead atoms. The second-order valence-electron chi connectivity index (χ2n) is 3.06. The van der Waals surface area contributed by atoms with Crippen molar-refractivity contribution < 1.29 is 14.7 Å². The third-order valence-electron chi connectivity index (χ3n) is 2.21. The topological polar surface area (TPSA) is 69.6 Å². The molecule has 1 rings (SSSR count). The highest BCUT2D eigenvalue weighted by Gasteiger charge is 2.28. The predicted molar refractivity (Wildman–Crippen MR) is 46.4 cm³/mol. The summed E-state index contributed by atoms with van der Waals surface area (Å²) in [7, 11) is 0. The number of likely N-dealkylation sites (tertiary alicyclic amines) is 1. The molecule has 5 nitrogen and oxygen atoms in total. The molecule has 0 aromatic carbocycles. The molecule has 74 valence electrons. The van der Waals surface area contributed by atoms with Crippen molar-refractivity contribution in [3.8, 4) is 0 Å². The van der Waals surface area contributed by atoms with Gasteiger partial charge in [-0.25, -0.2) is 4.79 Å². The Morgan fingerprint density at radius 1 is 1.77 bits per heavy atom. The number of rotatable bonds is 2. The number of piperidine rings is 1. The maximum atomic E-state index is 11.5. The zero-order valence-corrected chi connectivity index (χ0v) is 7.62. The van der Waals surface area contributed by atoms with Crippen molar-refractivity contribution in [2.45, 2.75) is 25.8 Å². The summed E-state index contributed by atoms with van der Waals surface area (Å²) in [5.74, 6) is -0.101. The molecule has 5 heteroatoms. The fourth-order valence-corrected chi connectivity index (χ4v) is 1.54. The molecule has 0 aromatic rings. The summed E-state index contributed by atoms with van der Waals surface area (Å²) < 4.78 is 0. The number of hydrogen-bond acceptors (Lipinski definition) is 2. The van der Waals surface area contributed by atoms with Crippen LogP contribution in [-0.2, 0) is 4.79 Å². The van der Waals surface area contributed by atoms with Gasteiger partial charge in [0.15, 0.2) is 0 Å². The second kappa shape index (κ2) is 4.11. The van der Waals surface area contributed by atoms with E-state index in [1.54, 1.807) is 4.90 Å². The Morgan fingerprint density at radius 2 is 2.46 bits per heavy atom. The number of carbonyl (C=O) groups is 2. The first-order valence-electron chi connectivity index (χ1n) is 4.43. The van der Waals surface area contributed by atoms with Crippen LogP contribution in [0.5, 0.6) is 0 Å². The first kappa shape index (κ1) is 9.83. The third-order valence-corrected chi connectivity index (χ3v) is 2.21. The van der Waals surface area contributed by atoms with Gasteiger partial charge in [0.05, 0.1) is 0 Å². The van der Waals surface area contributed by atoms with Gasteiger partial charge in [0.25, 0.3) is 0 Å². The van der Waals surface area contributed by atoms with E-state index in [4.69, 9.17) is 5.11 Å². The number of nitrogens with one attached hydrogen (secondary N) is 1. The average Bonchev–Trinajstić information content (AvgIpc) is 2.08. The van der Waals surface area contributed by atoms with E-state index in [1.807, 2.05) is 6.92 Å². The van der Waals surface area contributed by atoms with Crippen LogP contribution in [0.15, 0.2) is 0 Å². The molecule has 0 aromatic heterocycles. The van der Waals surface area contributed by atoms with E-state index in [1.165, 1.54) is 0 Å². The lowest BCUT2D eigenvalue weighted by atomic mass is 10.1. The monoisotopic (exact) mass is 186 g/mol. The minimum atomic E-state index is -1.13. The van der Waals surface area contributed by atoms with E-state index < -0.39 is 12.1 Å². The fourth-order valence-electron chi connectivity index (χ4n) is 1.54. The van der Waals surface area contributed by atoms with Crippen LogP contribution < -0.4 is 5.32 Å². The lowest BCUT2D eigenvalue weighted by Crippen LogP contribution is -2.51. The van der Waals surface area contributed by atoms with Crippen molar-refractivity contribution in [1.82, 2.24) is 10.2 Å². The Bertz CT molecular complexity index is 217. The van der Waals surface area contributed by atoms with Gasteiger partial charge in [-0.3, -0.25) is 4.79 Å². The third kappa shape index (κ3) is 2.34. The first-order valence-corrected chi connectivity index (χ1v) is 4.43. The maximum Gasteiger partial charge on any atom is 0.405 e. The predicted octanol–water partition coefficient (Wildman–Crippen LogP) is 0.265. The van der Waals surface area contributed by atoms with Gasteiger partial charge in [-0.15, -0.1) is 0 Å². The highest BCUT2D eigenvalue weighted by atomic mass is 16.4. The average molecular weight is 186 g/mol. The first-order chi connectivity index (χ1) is 6.15.